The van der Waals surface area contributed by atoms with Gasteiger partial charge in [0.15, 0.2) is 0 Å². The maximum atomic E-state index is 13.1. The molecule has 1 atom stereocenters. The van der Waals surface area contributed by atoms with Crippen LogP contribution >= 0.6 is 0 Å². The lowest BCUT2D eigenvalue weighted by Crippen LogP contribution is -2.11. The van der Waals surface area contributed by atoms with E-state index >= 15 is 0 Å². The van der Waals surface area contributed by atoms with Crippen molar-refractivity contribution in [1.29, 1.82) is 0 Å². The van der Waals surface area contributed by atoms with E-state index in [4.69, 9.17) is 0 Å². The van der Waals surface area contributed by atoms with Crippen molar-refractivity contribution in [3.8, 4) is 0 Å². The van der Waals surface area contributed by atoms with Gasteiger partial charge in [0.25, 0.3) is 5.69 Å². The molecule has 0 aliphatic rings. The summed E-state index contributed by atoms with van der Waals surface area (Å²) in [5.74, 6) is -0.160. The van der Waals surface area contributed by atoms with Crippen molar-refractivity contribution >= 4 is 11.5 Å². The first kappa shape index (κ1) is 13.9. The molecule has 1 N–H and O–H groups in total. The van der Waals surface area contributed by atoms with Crippen LogP contribution in [0.25, 0.3) is 0 Å². The second-order valence-electron chi connectivity index (χ2n) is 4.30. The van der Waals surface area contributed by atoms with Crippen molar-refractivity contribution in [1.82, 2.24) is 4.98 Å². The maximum Gasteiger partial charge on any atom is 0.269 e. The minimum Gasteiger partial charge on any atom is -0.363 e. The molecule has 1 unspecified atom stereocenters. The molecule has 0 fully saturated rings. The lowest BCUT2D eigenvalue weighted by molar-refractivity contribution is -0.384. The van der Waals surface area contributed by atoms with E-state index in [0.29, 0.717) is 12.2 Å². The maximum absolute atomic E-state index is 13.1. The Morgan fingerprint density at radius 2 is 2.10 bits per heavy atom. The number of nitrogens with one attached hydrogen (secondary N) is 1. The summed E-state index contributed by atoms with van der Waals surface area (Å²) >= 11 is 0. The molecular formula is C14H14FN3O2. The van der Waals surface area contributed by atoms with Gasteiger partial charge >= 0.3 is 0 Å². The monoisotopic (exact) mass is 275 g/mol. The number of pyridine rings is 1. The molecule has 0 amide bonds. The Morgan fingerprint density at radius 1 is 1.35 bits per heavy atom. The number of benzene rings is 1. The molecule has 6 heteroatoms. The fourth-order valence-electron chi connectivity index (χ4n) is 1.94. The molecule has 0 spiro atoms. The Morgan fingerprint density at radius 3 is 2.75 bits per heavy atom. The Balaban J connectivity index is 2.24. The zero-order chi connectivity index (χ0) is 14.5. The van der Waals surface area contributed by atoms with E-state index in [1.165, 1.54) is 18.2 Å². The summed E-state index contributed by atoms with van der Waals surface area (Å²) in [6, 6.07) is 10.7. The Hall–Kier alpha value is -2.50. The summed E-state index contributed by atoms with van der Waals surface area (Å²) in [6.07, 6.45) is 0.694. The van der Waals surface area contributed by atoms with Crippen LogP contribution in [0.3, 0.4) is 0 Å². The summed E-state index contributed by atoms with van der Waals surface area (Å²) in [5.41, 5.74) is 0.808. The van der Waals surface area contributed by atoms with Gasteiger partial charge in [0, 0.05) is 12.1 Å². The second kappa shape index (κ2) is 6.10. The number of anilines is 1. The molecule has 0 saturated heterocycles. The van der Waals surface area contributed by atoms with E-state index in [1.54, 1.807) is 24.3 Å². The van der Waals surface area contributed by atoms with Gasteiger partial charge in [-0.1, -0.05) is 25.1 Å². The molecule has 0 saturated carbocycles. The quantitative estimate of drug-likeness (QED) is 0.513. The minimum atomic E-state index is -0.566. The number of nitro groups is 1. The number of hydrogen-bond acceptors (Lipinski definition) is 4. The Kier molecular flexibility index (Phi) is 4.24. The summed E-state index contributed by atoms with van der Waals surface area (Å²) in [6.45, 7) is 1.94. The lowest BCUT2D eigenvalue weighted by Gasteiger charge is -2.17. The third kappa shape index (κ3) is 3.28. The van der Waals surface area contributed by atoms with Crippen LogP contribution in [-0.2, 0) is 0 Å². The van der Waals surface area contributed by atoms with E-state index in [1.807, 2.05) is 6.92 Å². The van der Waals surface area contributed by atoms with Crippen molar-refractivity contribution in [3.05, 3.63) is 64.1 Å². The SMILES string of the molecule is CCC(Nc1cccc(F)n1)c1cccc([N+](=O)[O-])c1. The van der Waals surface area contributed by atoms with Gasteiger partial charge in [0.05, 0.1) is 11.0 Å². The van der Waals surface area contributed by atoms with Crippen molar-refractivity contribution in [2.24, 2.45) is 0 Å². The van der Waals surface area contributed by atoms with Gasteiger partial charge in [-0.3, -0.25) is 10.1 Å². The highest BCUT2D eigenvalue weighted by Crippen LogP contribution is 2.24. The number of hydrogen-bond donors (Lipinski definition) is 1. The highest BCUT2D eigenvalue weighted by atomic mass is 19.1. The third-order valence-corrected chi connectivity index (χ3v) is 2.93. The average Bonchev–Trinajstić information content (AvgIpc) is 2.45. The summed E-state index contributed by atoms with van der Waals surface area (Å²) in [5, 5.41) is 13.9. The van der Waals surface area contributed by atoms with Crippen LogP contribution in [0.4, 0.5) is 15.9 Å². The first-order valence-electron chi connectivity index (χ1n) is 6.23. The van der Waals surface area contributed by atoms with Crippen molar-refractivity contribution in [3.63, 3.8) is 0 Å². The largest absolute Gasteiger partial charge is 0.363 e. The number of non-ortho nitro benzene ring substituents is 1. The van der Waals surface area contributed by atoms with E-state index in [-0.39, 0.29) is 11.7 Å². The van der Waals surface area contributed by atoms with E-state index in [0.717, 1.165) is 5.56 Å². The van der Waals surface area contributed by atoms with Crippen LogP contribution in [0, 0.1) is 16.1 Å². The van der Waals surface area contributed by atoms with Crippen LogP contribution in [0.5, 0.6) is 0 Å². The van der Waals surface area contributed by atoms with Gasteiger partial charge in [0.2, 0.25) is 5.95 Å². The highest BCUT2D eigenvalue weighted by Gasteiger charge is 2.14. The van der Waals surface area contributed by atoms with E-state index in [2.05, 4.69) is 10.3 Å². The Labute approximate surface area is 115 Å². The van der Waals surface area contributed by atoms with Gasteiger partial charge < -0.3 is 5.32 Å². The van der Waals surface area contributed by atoms with Gasteiger partial charge in [-0.25, -0.2) is 4.98 Å². The molecule has 5 nitrogen and oxygen atoms in total. The zero-order valence-corrected chi connectivity index (χ0v) is 10.9. The predicted octanol–water partition coefficient (Wildman–Crippen LogP) is 3.69. The smallest absolute Gasteiger partial charge is 0.269 e. The normalized spacial score (nSPS) is 11.9. The topological polar surface area (TPSA) is 68.1 Å². The third-order valence-electron chi connectivity index (χ3n) is 2.93. The number of halogens is 1. The summed E-state index contributed by atoms with van der Waals surface area (Å²) in [4.78, 5) is 14.1. The van der Waals surface area contributed by atoms with Crippen LogP contribution in [0.2, 0.25) is 0 Å². The molecule has 0 radical (unpaired) electrons. The predicted molar refractivity (Wildman–Crippen MR) is 73.9 cm³/mol. The fraction of sp³-hybridized carbons (Fsp3) is 0.214. The molecule has 1 heterocycles. The van der Waals surface area contributed by atoms with Gasteiger partial charge in [0.1, 0.15) is 5.82 Å². The Bertz CT molecular complexity index is 619. The molecule has 20 heavy (non-hydrogen) atoms. The lowest BCUT2D eigenvalue weighted by atomic mass is 10.0. The summed E-state index contributed by atoms with van der Waals surface area (Å²) in [7, 11) is 0. The molecule has 2 rings (SSSR count). The first-order valence-corrected chi connectivity index (χ1v) is 6.23. The molecule has 0 bridgehead atoms. The van der Waals surface area contributed by atoms with Crippen LogP contribution in [0.15, 0.2) is 42.5 Å². The first-order chi connectivity index (χ1) is 9.60. The number of nitrogens with zero attached hydrogens (tertiary/aromatic N) is 2. The van der Waals surface area contributed by atoms with Gasteiger partial charge in [-0.2, -0.15) is 4.39 Å². The number of aromatic nitrogens is 1. The molecule has 2 aromatic rings. The number of nitro benzene ring substituents is 1. The van der Waals surface area contributed by atoms with Crippen molar-refractivity contribution in [2.45, 2.75) is 19.4 Å². The molecular weight excluding hydrogens is 261 g/mol. The van der Waals surface area contributed by atoms with Crippen LogP contribution in [0.1, 0.15) is 24.9 Å². The second-order valence-corrected chi connectivity index (χ2v) is 4.30. The van der Waals surface area contributed by atoms with E-state index in [9.17, 15) is 14.5 Å². The summed E-state index contributed by atoms with van der Waals surface area (Å²) < 4.78 is 13.1. The standard InChI is InChI=1S/C14H14FN3O2/c1-2-12(16-14-8-4-7-13(15)17-14)10-5-3-6-11(9-10)18(19)20/h3-9,12H,2H2,1H3,(H,16,17). The van der Waals surface area contributed by atoms with Gasteiger partial charge in [-0.05, 0) is 24.1 Å². The van der Waals surface area contributed by atoms with E-state index < -0.39 is 10.9 Å². The van der Waals surface area contributed by atoms with Crippen LogP contribution < -0.4 is 5.32 Å². The van der Waals surface area contributed by atoms with Gasteiger partial charge in [-0.15, -0.1) is 0 Å². The fourth-order valence-corrected chi connectivity index (χ4v) is 1.94. The molecule has 0 aliphatic carbocycles. The average molecular weight is 275 g/mol. The molecule has 1 aromatic carbocycles. The molecule has 1 aromatic heterocycles. The van der Waals surface area contributed by atoms with Crippen LogP contribution in [-0.4, -0.2) is 9.91 Å². The van der Waals surface area contributed by atoms with Crippen molar-refractivity contribution < 1.29 is 9.31 Å². The molecule has 104 valence electrons. The number of rotatable bonds is 5. The molecule has 0 aliphatic heterocycles. The minimum absolute atomic E-state index is 0.0370. The highest BCUT2D eigenvalue weighted by molar-refractivity contribution is 5.41. The van der Waals surface area contributed by atoms with Crippen molar-refractivity contribution in [2.75, 3.05) is 5.32 Å². The zero-order valence-electron chi connectivity index (χ0n) is 10.9.